The third kappa shape index (κ3) is 2.45. The van der Waals surface area contributed by atoms with Gasteiger partial charge in [-0.3, -0.25) is 0 Å². The fourth-order valence-electron chi connectivity index (χ4n) is 3.73. The van der Waals surface area contributed by atoms with Gasteiger partial charge >= 0.3 is 0 Å². The molecule has 3 rings (SSSR count). The molecule has 0 aromatic carbocycles. The highest BCUT2D eigenvalue weighted by Crippen LogP contribution is 2.45. The first kappa shape index (κ1) is 11.1. The quantitative estimate of drug-likeness (QED) is 0.746. The van der Waals surface area contributed by atoms with Crippen molar-refractivity contribution in [1.29, 1.82) is 0 Å². The van der Waals surface area contributed by atoms with Gasteiger partial charge in [0.05, 0.1) is 0 Å². The van der Waals surface area contributed by atoms with Crippen LogP contribution in [-0.2, 0) is 0 Å². The Bertz CT molecular complexity index is 218. The number of hydrogen-bond donors (Lipinski definition) is 1. The Labute approximate surface area is 100 Å². The van der Waals surface area contributed by atoms with E-state index in [9.17, 15) is 0 Å². The summed E-state index contributed by atoms with van der Waals surface area (Å²) < 4.78 is 0. The molecule has 3 aliphatic carbocycles. The molecule has 0 bridgehead atoms. The molecule has 0 aromatic rings. The van der Waals surface area contributed by atoms with E-state index in [1.165, 1.54) is 57.8 Å². The van der Waals surface area contributed by atoms with Crippen LogP contribution in [0.15, 0.2) is 0 Å². The zero-order valence-corrected chi connectivity index (χ0v) is 10.8. The second-order valence-electron chi connectivity index (χ2n) is 6.43. The lowest BCUT2D eigenvalue weighted by atomic mass is 9.82. The first-order valence-electron chi connectivity index (χ1n) is 7.64. The zero-order chi connectivity index (χ0) is 11.0. The molecule has 2 atom stereocenters. The van der Waals surface area contributed by atoms with Crippen LogP contribution in [0.25, 0.3) is 0 Å². The molecule has 2 unspecified atom stereocenters. The van der Waals surface area contributed by atoms with Crippen LogP contribution < -0.4 is 5.32 Å². The Kier molecular flexibility index (Phi) is 3.24. The smallest absolute Gasteiger partial charge is 0.0126 e. The predicted octanol–water partition coefficient (Wildman–Crippen LogP) is 3.73. The summed E-state index contributed by atoms with van der Waals surface area (Å²) in [4.78, 5) is 0. The van der Waals surface area contributed by atoms with E-state index in [1.807, 2.05) is 0 Å². The van der Waals surface area contributed by atoms with Crippen LogP contribution in [0.3, 0.4) is 0 Å². The van der Waals surface area contributed by atoms with Crippen molar-refractivity contribution in [2.45, 2.75) is 76.8 Å². The standard InChI is InChI=1S/C15H27N/c1-2-11-5-3-4-6-14(11)16-15(12-7-8-12)13-9-10-13/h11-16H,2-10H2,1H3. The number of rotatable bonds is 5. The van der Waals surface area contributed by atoms with Crippen molar-refractivity contribution >= 4 is 0 Å². The highest BCUT2D eigenvalue weighted by molar-refractivity contribution is 4.98. The topological polar surface area (TPSA) is 12.0 Å². The van der Waals surface area contributed by atoms with Crippen LogP contribution in [0.5, 0.6) is 0 Å². The van der Waals surface area contributed by atoms with Gasteiger partial charge in [0.2, 0.25) is 0 Å². The summed E-state index contributed by atoms with van der Waals surface area (Å²) in [5.41, 5.74) is 0. The second kappa shape index (κ2) is 4.68. The Morgan fingerprint density at radius 1 is 0.938 bits per heavy atom. The van der Waals surface area contributed by atoms with Crippen molar-refractivity contribution in [3.05, 3.63) is 0 Å². The summed E-state index contributed by atoms with van der Waals surface area (Å²) in [5.74, 6) is 3.10. The first-order valence-corrected chi connectivity index (χ1v) is 7.64. The molecule has 0 aromatic heterocycles. The molecule has 0 heterocycles. The zero-order valence-electron chi connectivity index (χ0n) is 10.8. The van der Waals surface area contributed by atoms with Crippen LogP contribution in [0, 0.1) is 17.8 Å². The Hall–Kier alpha value is -0.0400. The van der Waals surface area contributed by atoms with Gasteiger partial charge in [0.15, 0.2) is 0 Å². The Morgan fingerprint density at radius 2 is 1.56 bits per heavy atom. The van der Waals surface area contributed by atoms with Gasteiger partial charge in [0, 0.05) is 12.1 Å². The minimum absolute atomic E-state index is 0.866. The molecule has 0 amide bonds. The summed E-state index contributed by atoms with van der Waals surface area (Å²) in [5, 5.41) is 4.08. The molecule has 0 spiro atoms. The van der Waals surface area contributed by atoms with Gasteiger partial charge < -0.3 is 5.32 Å². The Balaban J connectivity index is 1.57. The minimum Gasteiger partial charge on any atom is -0.310 e. The van der Waals surface area contributed by atoms with E-state index in [0.29, 0.717) is 0 Å². The highest BCUT2D eigenvalue weighted by Gasteiger charge is 2.42. The lowest BCUT2D eigenvalue weighted by molar-refractivity contribution is 0.220. The molecular formula is C15H27N. The molecular weight excluding hydrogens is 194 g/mol. The molecule has 92 valence electrons. The molecule has 3 aliphatic rings. The third-order valence-corrected chi connectivity index (χ3v) is 5.10. The molecule has 1 heteroatoms. The number of nitrogens with one attached hydrogen (secondary N) is 1. The van der Waals surface area contributed by atoms with E-state index in [4.69, 9.17) is 0 Å². The van der Waals surface area contributed by atoms with Gasteiger partial charge in [0.1, 0.15) is 0 Å². The molecule has 1 N–H and O–H groups in total. The predicted molar refractivity (Wildman–Crippen MR) is 68.4 cm³/mol. The molecule has 3 saturated carbocycles. The van der Waals surface area contributed by atoms with Crippen LogP contribution in [-0.4, -0.2) is 12.1 Å². The van der Waals surface area contributed by atoms with Gasteiger partial charge in [0.25, 0.3) is 0 Å². The SMILES string of the molecule is CCC1CCCCC1NC(C1CC1)C1CC1. The van der Waals surface area contributed by atoms with Gasteiger partial charge in [-0.15, -0.1) is 0 Å². The maximum absolute atomic E-state index is 4.08. The first-order chi connectivity index (χ1) is 7.88. The summed E-state index contributed by atoms with van der Waals surface area (Å²) in [6.07, 6.45) is 13.3. The lowest BCUT2D eigenvalue weighted by Crippen LogP contribution is -2.46. The van der Waals surface area contributed by atoms with Crippen molar-refractivity contribution in [3.63, 3.8) is 0 Å². The normalized spacial score (nSPS) is 35.6. The fourth-order valence-corrected chi connectivity index (χ4v) is 3.73. The second-order valence-corrected chi connectivity index (χ2v) is 6.43. The van der Waals surface area contributed by atoms with Crippen molar-refractivity contribution in [3.8, 4) is 0 Å². The summed E-state index contributed by atoms with van der Waals surface area (Å²) in [7, 11) is 0. The van der Waals surface area contributed by atoms with Gasteiger partial charge in [-0.25, -0.2) is 0 Å². The average molecular weight is 221 g/mol. The lowest BCUT2D eigenvalue weighted by Gasteiger charge is -2.35. The maximum Gasteiger partial charge on any atom is 0.0126 e. The fraction of sp³-hybridized carbons (Fsp3) is 1.00. The maximum atomic E-state index is 4.08. The Morgan fingerprint density at radius 3 is 2.12 bits per heavy atom. The van der Waals surface area contributed by atoms with Crippen LogP contribution in [0.2, 0.25) is 0 Å². The van der Waals surface area contributed by atoms with Crippen molar-refractivity contribution in [2.75, 3.05) is 0 Å². The largest absolute Gasteiger partial charge is 0.310 e. The third-order valence-electron chi connectivity index (χ3n) is 5.10. The van der Waals surface area contributed by atoms with E-state index >= 15 is 0 Å². The van der Waals surface area contributed by atoms with Gasteiger partial charge in [-0.05, 0) is 56.3 Å². The summed E-state index contributed by atoms with van der Waals surface area (Å²) in [6, 6.07) is 1.78. The molecule has 0 radical (unpaired) electrons. The van der Waals surface area contributed by atoms with Crippen molar-refractivity contribution < 1.29 is 0 Å². The molecule has 16 heavy (non-hydrogen) atoms. The molecule has 0 aliphatic heterocycles. The van der Waals surface area contributed by atoms with E-state index in [1.54, 1.807) is 0 Å². The number of hydrogen-bond acceptors (Lipinski definition) is 1. The van der Waals surface area contributed by atoms with Crippen LogP contribution >= 0.6 is 0 Å². The van der Waals surface area contributed by atoms with E-state index in [0.717, 1.165) is 29.8 Å². The van der Waals surface area contributed by atoms with Crippen LogP contribution in [0.1, 0.15) is 64.7 Å². The van der Waals surface area contributed by atoms with E-state index < -0.39 is 0 Å². The summed E-state index contributed by atoms with van der Waals surface area (Å²) in [6.45, 7) is 2.38. The molecule has 0 saturated heterocycles. The average Bonchev–Trinajstić information content (AvgIpc) is 3.18. The van der Waals surface area contributed by atoms with Crippen LogP contribution in [0.4, 0.5) is 0 Å². The van der Waals surface area contributed by atoms with E-state index in [2.05, 4.69) is 12.2 Å². The molecule has 3 fully saturated rings. The highest BCUT2D eigenvalue weighted by atomic mass is 15.0. The molecule has 1 nitrogen and oxygen atoms in total. The minimum atomic E-state index is 0.866. The van der Waals surface area contributed by atoms with Gasteiger partial charge in [-0.1, -0.05) is 26.2 Å². The van der Waals surface area contributed by atoms with Crippen molar-refractivity contribution in [1.82, 2.24) is 5.32 Å². The van der Waals surface area contributed by atoms with E-state index in [-0.39, 0.29) is 0 Å². The van der Waals surface area contributed by atoms with Crippen molar-refractivity contribution in [2.24, 2.45) is 17.8 Å². The summed E-state index contributed by atoms with van der Waals surface area (Å²) >= 11 is 0. The monoisotopic (exact) mass is 221 g/mol. The van der Waals surface area contributed by atoms with Gasteiger partial charge in [-0.2, -0.15) is 0 Å².